The highest BCUT2D eigenvalue weighted by Gasteiger charge is 2.27. The average molecular weight is 193 g/mol. The molecule has 2 rings (SSSR count). The second-order valence-corrected chi connectivity index (χ2v) is 2.80. The van der Waals surface area contributed by atoms with Crippen LogP contribution in [-0.2, 0) is 4.79 Å². The number of aromatic nitrogens is 1. The van der Waals surface area contributed by atoms with Crippen LogP contribution in [0.1, 0.15) is 11.7 Å². The molecule has 1 aliphatic rings. The summed E-state index contributed by atoms with van der Waals surface area (Å²) >= 11 is 0. The van der Waals surface area contributed by atoms with Gasteiger partial charge in [0.1, 0.15) is 17.9 Å². The fourth-order valence-corrected chi connectivity index (χ4v) is 1.23. The maximum atomic E-state index is 10.6. The number of nitrogens with zero attached hydrogens (tertiary/aromatic N) is 1. The largest absolute Gasteiger partial charge is 0.478 e. The molecule has 2 N–H and O–H groups in total. The summed E-state index contributed by atoms with van der Waals surface area (Å²) < 4.78 is 4.95. The van der Waals surface area contributed by atoms with E-state index >= 15 is 0 Å². The molecule has 1 aromatic heterocycles. The third-order valence-electron chi connectivity index (χ3n) is 1.93. The molecule has 0 aliphatic carbocycles. The molecule has 0 amide bonds. The van der Waals surface area contributed by atoms with Gasteiger partial charge in [0.2, 0.25) is 5.88 Å². The van der Waals surface area contributed by atoms with Crippen LogP contribution in [0.3, 0.4) is 0 Å². The number of fused-ring (bicyclic) bond motifs is 1. The number of carbonyl (C=O) groups is 1. The van der Waals surface area contributed by atoms with Crippen molar-refractivity contribution in [1.82, 2.24) is 4.98 Å². The number of hydrogen-bond donors (Lipinski definition) is 2. The van der Waals surface area contributed by atoms with Crippen LogP contribution in [0.4, 0.5) is 0 Å². The highest BCUT2D eigenvalue weighted by molar-refractivity contribution is 5.88. The van der Waals surface area contributed by atoms with Crippen LogP contribution in [0, 0.1) is 0 Å². The van der Waals surface area contributed by atoms with Crippen molar-refractivity contribution >= 4 is 5.97 Å². The number of pyridine rings is 1. The van der Waals surface area contributed by atoms with E-state index in [2.05, 4.69) is 4.98 Å². The van der Waals surface area contributed by atoms with Gasteiger partial charge in [-0.3, -0.25) is 0 Å². The van der Waals surface area contributed by atoms with E-state index in [-0.39, 0.29) is 11.5 Å². The van der Waals surface area contributed by atoms with E-state index in [1.807, 2.05) is 0 Å². The molecule has 5 heteroatoms. The van der Waals surface area contributed by atoms with Crippen molar-refractivity contribution in [2.75, 3.05) is 0 Å². The molecule has 1 atom stereocenters. The maximum absolute atomic E-state index is 10.6. The summed E-state index contributed by atoms with van der Waals surface area (Å²) in [6, 6.07) is 3.18. The molecule has 0 radical (unpaired) electrons. The minimum atomic E-state index is -1.20. The summed E-state index contributed by atoms with van der Waals surface area (Å²) in [6.07, 6.45) is 1.33. The number of aliphatic hydroxyl groups excluding tert-OH is 1. The van der Waals surface area contributed by atoms with Gasteiger partial charge in [0.15, 0.2) is 0 Å². The maximum Gasteiger partial charge on any atom is 0.337 e. The van der Waals surface area contributed by atoms with Crippen LogP contribution in [0.25, 0.3) is 0 Å². The van der Waals surface area contributed by atoms with Crippen LogP contribution >= 0.6 is 0 Å². The Morgan fingerprint density at radius 3 is 3.07 bits per heavy atom. The van der Waals surface area contributed by atoms with Crippen molar-refractivity contribution in [2.45, 2.75) is 6.10 Å². The molecule has 14 heavy (non-hydrogen) atoms. The van der Waals surface area contributed by atoms with Crippen molar-refractivity contribution in [3.63, 3.8) is 0 Å². The van der Waals surface area contributed by atoms with Crippen LogP contribution in [0.2, 0.25) is 0 Å². The van der Waals surface area contributed by atoms with Gasteiger partial charge in [-0.05, 0) is 12.1 Å². The van der Waals surface area contributed by atoms with Crippen LogP contribution < -0.4 is 4.74 Å². The number of carboxylic acid groups (broad SMARTS) is 1. The fraction of sp³-hybridized carbons (Fsp3) is 0.111. The number of carboxylic acids is 1. The number of hydrogen-bond acceptors (Lipinski definition) is 4. The molecule has 0 saturated heterocycles. The number of aliphatic hydroxyl groups is 1. The minimum absolute atomic E-state index is 0.189. The van der Waals surface area contributed by atoms with E-state index < -0.39 is 12.1 Å². The van der Waals surface area contributed by atoms with E-state index in [1.54, 1.807) is 12.1 Å². The molecule has 2 heterocycles. The molecule has 1 aliphatic heterocycles. The van der Waals surface area contributed by atoms with Crippen LogP contribution in [-0.4, -0.2) is 21.2 Å². The minimum Gasteiger partial charge on any atom is -0.478 e. The summed E-state index contributed by atoms with van der Waals surface area (Å²) in [5, 5.41) is 18.3. The first-order valence-corrected chi connectivity index (χ1v) is 3.93. The molecular weight excluding hydrogens is 186 g/mol. The molecule has 0 aromatic carbocycles. The Bertz CT molecular complexity index is 413. The molecule has 0 spiro atoms. The van der Waals surface area contributed by atoms with E-state index in [0.29, 0.717) is 5.56 Å². The molecular formula is C9H7NO4. The standard InChI is InChI=1S/C9H7NO4/c11-7-5-2-1-3-10-8(5)14-4-6(7)9(12)13/h1-4,7,11H,(H,12,13)/t7-/m1/s1. The van der Waals surface area contributed by atoms with Crippen LogP contribution in [0.5, 0.6) is 5.88 Å². The van der Waals surface area contributed by atoms with E-state index in [1.165, 1.54) is 6.20 Å². The van der Waals surface area contributed by atoms with E-state index in [4.69, 9.17) is 9.84 Å². The molecule has 5 nitrogen and oxygen atoms in total. The Balaban J connectivity index is 2.44. The normalized spacial score (nSPS) is 19.2. The Morgan fingerprint density at radius 1 is 1.57 bits per heavy atom. The lowest BCUT2D eigenvalue weighted by Crippen LogP contribution is -2.17. The molecule has 0 fully saturated rings. The van der Waals surface area contributed by atoms with Crippen molar-refractivity contribution in [2.24, 2.45) is 0 Å². The van der Waals surface area contributed by atoms with Gasteiger partial charge in [-0.1, -0.05) is 0 Å². The quantitative estimate of drug-likeness (QED) is 0.677. The van der Waals surface area contributed by atoms with Gasteiger partial charge in [-0.25, -0.2) is 9.78 Å². The molecule has 0 saturated carbocycles. The summed E-state index contributed by atoms with van der Waals surface area (Å²) in [6.45, 7) is 0. The van der Waals surface area contributed by atoms with Gasteiger partial charge < -0.3 is 14.9 Å². The Labute approximate surface area is 79.3 Å². The number of rotatable bonds is 1. The second-order valence-electron chi connectivity index (χ2n) is 2.80. The Kier molecular flexibility index (Phi) is 1.94. The molecule has 0 unspecified atom stereocenters. The van der Waals surface area contributed by atoms with Crippen LogP contribution in [0.15, 0.2) is 30.2 Å². The van der Waals surface area contributed by atoms with Gasteiger partial charge >= 0.3 is 5.97 Å². The van der Waals surface area contributed by atoms with Gasteiger partial charge in [0.25, 0.3) is 0 Å². The lowest BCUT2D eigenvalue weighted by molar-refractivity contribution is -0.134. The predicted molar refractivity (Wildman–Crippen MR) is 45.5 cm³/mol. The average Bonchev–Trinajstić information content (AvgIpc) is 2.18. The SMILES string of the molecule is O=C(O)C1=COc2ncccc2[C@H]1O. The lowest BCUT2D eigenvalue weighted by atomic mass is 10.0. The van der Waals surface area contributed by atoms with Crippen molar-refractivity contribution in [3.8, 4) is 5.88 Å². The highest BCUT2D eigenvalue weighted by Crippen LogP contribution is 2.32. The topological polar surface area (TPSA) is 79.7 Å². The zero-order valence-corrected chi connectivity index (χ0v) is 7.04. The first kappa shape index (κ1) is 8.71. The zero-order valence-electron chi connectivity index (χ0n) is 7.04. The highest BCUT2D eigenvalue weighted by atomic mass is 16.5. The Morgan fingerprint density at radius 2 is 2.36 bits per heavy atom. The first-order valence-electron chi connectivity index (χ1n) is 3.93. The lowest BCUT2D eigenvalue weighted by Gasteiger charge is -2.18. The second kappa shape index (κ2) is 3.12. The third kappa shape index (κ3) is 1.23. The van der Waals surface area contributed by atoms with Gasteiger partial charge in [0, 0.05) is 11.8 Å². The predicted octanol–water partition coefficient (Wildman–Crippen LogP) is 0.476. The van der Waals surface area contributed by atoms with Gasteiger partial charge in [0.05, 0.1) is 0 Å². The van der Waals surface area contributed by atoms with Gasteiger partial charge in [-0.2, -0.15) is 0 Å². The first-order chi connectivity index (χ1) is 6.70. The molecule has 0 bridgehead atoms. The van der Waals surface area contributed by atoms with Crippen molar-refractivity contribution in [3.05, 3.63) is 35.7 Å². The number of ether oxygens (including phenoxy) is 1. The Hall–Kier alpha value is -1.88. The van der Waals surface area contributed by atoms with Crippen molar-refractivity contribution < 1.29 is 19.7 Å². The monoisotopic (exact) mass is 193 g/mol. The summed E-state index contributed by atoms with van der Waals surface area (Å²) in [5.74, 6) is -0.961. The summed E-state index contributed by atoms with van der Waals surface area (Å²) in [4.78, 5) is 14.5. The fourth-order valence-electron chi connectivity index (χ4n) is 1.23. The van der Waals surface area contributed by atoms with Gasteiger partial charge in [-0.15, -0.1) is 0 Å². The molecule has 1 aromatic rings. The third-order valence-corrected chi connectivity index (χ3v) is 1.93. The number of aliphatic carboxylic acids is 1. The van der Waals surface area contributed by atoms with E-state index in [0.717, 1.165) is 6.26 Å². The van der Waals surface area contributed by atoms with Crippen molar-refractivity contribution in [1.29, 1.82) is 0 Å². The smallest absolute Gasteiger partial charge is 0.337 e. The summed E-state index contributed by atoms with van der Waals surface area (Å²) in [7, 11) is 0. The van der Waals surface area contributed by atoms with E-state index in [9.17, 15) is 9.90 Å². The zero-order chi connectivity index (χ0) is 10.1. The summed E-state index contributed by atoms with van der Waals surface area (Å²) in [5.41, 5.74) is 0.179. The molecule has 72 valence electrons.